The third-order valence-electron chi connectivity index (χ3n) is 2.54. The smallest absolute Gasteiger partial charge is 0.307 e. The van der Waals surface area contributed by atoms with Crippen molar-refractivity contribution in [1.82, 2.24) is 4.90 Å². The molecule has 0 saturated carbocycles. The Morgan fingerprint density at radius 2 is 1.81 bits per heavy atom. The zero-order valence-electron chi connectivity index (χ0n) is 10.6. The first-order valence-electron chi connectivity index (χ1n) is 5.94. The molecule has 16 heavy (non-hydrogen) atoms. The molecule has 4 heteroatoms. The van der Waals surface area contributed by atoms with Crippen molar-refractivity contribution >= 4 is 11.9 Å². The molecule has 0 aliphatic rings. The molecule has 0 heterocycles. The van der Waals surface area contributed by atoms with Crippen LogP contribution in [-0.4, -0.2) is 37.0 Å². The van der Waals surface area contributed by atoms with E-state index in [1.165, 1.54) is 26.9 Å². The van der Waals surface area contributed by atoms with Crippen molar-refractivity contribution in [3.8, 4) is 0 Å². The van der Waals surface area contributed by atoms with Crippen molar-refractivity contribution in [3.63, 3.8) is 0 Å². The van der Waals surface area contributed by atoms with Gasteiger partial charge < -0.3 is 9.64 Å². The number of amides is 1. The number of methoxy groups -OCH3 is 1. The second-order valence-electron chi connectivity index (χ2n) is 3.89. The maximum absolute atomic E-state index is 11.3. The zero-order chi connectivity index (χ0) is 12.4. The van der Waals surface area contributed by atoms with E-state index in [1.54, 1.807) is 4.90 Å². The van der Waals surface area contributed by atoms with Crippen molar-refractivity contribution in [1.29, 1.82) is 0 Å². The topological polar surface area (TPSA) is 46.6 Å². The van der Waals surface area contributed by atoms with Gasteiger partial charge in [-0.25, -0.2) is 0 Å². The Hall–Kier alpha value is -1.06. The van der Waals surface area contributed by atoms with Crippen LogP contribution < -0.4 is 0 Å². The zero-order valence-corrected chi connectivity index (χ0v) is 10.6. The average molecular weight is 229 g/mol. The maximum atomic E-state index is 11.3. The molecular formula is C12H23NO3. The highest BCUT2D eigenvalue weighted by atomic mass is 16.5. The van der Waals surface area contributed by atoms with Crippen molar-refractivity contribution in [2.24, 2.45) is 0 Å². The molecule has 0 aromatic carbocycles. The third kappa shape index (κ3) is 7.26. The van der Waals surface area contributed by atoms with Gasteiger partial charge in [0.15, 0.2) is 0 Å². The molecular weight excluding hydrogens is 206 g/mol. The quantitative estimate of drug-likeness (QED) is 0.472. The van der Waals surface area contributed by atoms with Crippen LogP contribution in [-0.2, 0) is 14.3 Å². The molecule has 0 atom stereocenters. The SMILES string of the molecule is CCCCCCN(CCC(=O)OC)C(C)=O. The molecule has 0 N–H and O–H groups in total. The molecule has 94 valence electrons. The van der Waals surface area contributed by atoms with Crippen molar-refractivity contribution in [2.45, 2.75) is 46.0 Å². The van der Waals surface area contributed by atoms with Gasteiger partial charge in [-0.3, -0.25) is 9.59 Å². The van der Waals surface area contributed by atoms with Gasteiger partial charge in [0, 0.05) is 20.0 Å². The van der Waals surface area contributed by atoms with Crippen molar-refractivity contribution in [3.05, 3.63) is 0 Å². The summed E-state index contributed by atoms with van der Waals surface area (Å²) < 4.78 is 4.55. The highest BCUT2D eigenvalue weighted by Gasteiger charge is 2.10. The molecule has 0 aliphatic heterocycles. The lowest BCUT2D eigenvalue weighted by Crippen LogP contribution is -2.32. The van der Waals surface area contributed by atoms with Crippen LogP contribution in [0.5, 0.6) is 0 Å². The summed E-state index contributed by atoms with van der Waals surface area (Å²) in [6, 6.07) is 0. The van der Waals surface area contributed by atoms with E-state index in [2.05, 4.69) is 11.7 Å². The maximum Gasteiger partial charge on any atom is 0.307 e. The Morgan fingerprint density at radius 1 is 1.12 bits per heavy atom. The van der Waals surface area contributed by atoms with Crippen LogP contribution in [0.15, 0.2) is 0 Å². The van der Waals surface area contributed by atoms with Gasteiger partial charge in [-0.15, -0.1) is 0 Å². The Morgan fingerprint density at radius 3 is 2.31 bits per heavy atom. The molecule has 0 rings (SSSR count). The normalized spacial score (nSPS) is 9.94. The van der Waals surface area contributed by atoms with E-state index in [9.17, 15) is 9.59 Å². The summed E-state index contributed by atoms with van der Waals surface area (Å²) >= 11 is 0. The lowest BCUT2D eigenvalue weighted by molar-refractivity contribution is -0.141. The van der Waals surface area contributed by atoms with Crippen LogP contribution >= 0.6 is 0 Å². The van der Waals surface area contributed by atoms with E-state index >= 15 is 0 Å². The fraction of sp³-hybridized carbons (Fsp3) is 0.833. The molecule has 0 spiro atoms. The predicted molar refractivity (Wildman–Crippen MR) is 63.0 cm³/mol. The van der Waals surface area contributed by atoms with E-state index in [0.29, 0.717) is 6.54 Å². The van der Waals surface area contributed by atoms with Crippen LogP contribution in [0.3, 0.4) is 0 Å². The van der Waals surface area contributed by atoms with Gasteiger partial charge in [0.1, 0.15) is 0 Å². The molecule has 0 radical (unpaired) electrons. The first kappa shape index (κ1) is 14.9. The lowest BCUT2D eigenvalue weighted by Gasteiger charge is -2.20. The number of nitrogens with zero attached hydrogens (tertiary/aromatic N) is 1. The molecule has 0 unspecified atom stereocenters. The molecule has 0 bridgehead atoms. The molecule has 0 saturated heterocycles. The van der Waals surface area contributed by atoms with E-state index < -0.39 is 0 Å². The van der Waals surface area contributed by atoms with Gasteiger partial charge in [-0.1, -0.05) is 26.2 Å². The minimum absolute atomic E-state index is 0.0281. The fourth-order valence-corrected chi connectivity index (χ4v) is 1.48. The average Bonchev–Trinajstić information content (AvgIpc) is 2.27. The largest absolute Gasteiger partial charge is 0.469 e. The van der Waals surface area contributed by atoms with Crippen LogP contribution in [0, 0.1) is 0 Å². The number of esters is 1. The monoisotopic (exact) mass is 229 g/mol. The number of hydrogen-bond acceptors (Lipinski definition) is 3. The standard InChI is InChI=1S/C12H23NO3/c1-4-5-6-7-9-13(11(2)14)10-8-12(15)16-3/h4-10H2,1-3H3. The Bertz CT molecular complexity index is 216. The third-order valence-corrected chi connectivity index (χ3v) is 2.54. The Kier molecular flexibility index (Phi) is 8.58. The van der Waals surface area contributed by atoms with Gasteiger partial charge >= 0.3 is 5.97 Å². The van der Waals surface area contributed by atoms with Gasteiger partial charge in [-0.2, -0.15) is 0 Å². The van der Waals surface area contributed by atoms with Gasteiger partial charge in [0.2, 0.25) is 5.91 Å². The number of unbranched alkanes of at least 4 members (excludes halogenated alkanes) is 3. The minimum Gasteiger partial charge on any atom is -0.469 e. The van der Waals surface area contributed by atoms with E-state index in [0.717, 1.165) is 19.4 Å². The summed E-state index contributed by atoms with van der Waals surface area (Å²) in [6.07, 6.45) is 4.81. The van der Waals surface area contributed by atoms with Gasteiger partial charge in [0.25, 0.3) is 0 Å². The van der Waals surface area contributed by atoms with E-state index in [4.69, 9.17) is 0 Å². The number of rotatable bonds is 8. The van der Waals surface area contributed by atoms with Crippen molar-refractivity contribution in [2.75, 3.05) is 20.2 Å². The number of carbonyl (C=O) groups is 2. The number of carbonyl (C=O) groups excluding carboxylic acids is 2. The van der Waals surface area contributed by atoms with Crippen LogP contribution in [0.25, 0.3) is 0 Å². The summed E-state index contributed by atoms with van der Waals surface area (Å²) in [4.78, 5) is 24.0. The van der Waals surface area contributed by atoms with Crippen LogP contribution in [0.1, 0.15) is 46.0 Å². The first-order chi connectivity index (χ1) is 7.61. The molecule has 0 aliphatic carbocycles. The number of hydrogen-bond donors (Lipinski definition) is 0. The van der Waals surface area contributed by atoms with Gasteiger partial charge in [-0.05, 0) is 6.42 Å². The summed E-state index contributed by atoms with van der Waals surface area (Å²) in [5.74, 6) is -0.236. The highest BCUT2D eigenvalue weighted by molar-refractivity contribution is 5.74. The number of ether oxygens (including phenoxy) is 1. The molecule has 1 amide bonds. The molecule has 0 aromatic heterocycles. The highest BCUT2D eigenvalue weighted by Crippen LogP contribution is 2.03. The first-order valence-corrected chi connectivity index (χ1v) is 5.94. The molecule has 0 fully saturated rings. The summed E-state index contributed by atoms with van der Waals surface area (Å²) in [5.41, 5.74) is 0. The minimum atomic E-state index is -0.264. The Labute approximate surface area is 98.0 Å². The lowest BCUT2D eigenvalue weighted by atomic mass is 10.2. The van der Waals surface area contributed by atoms with Crippen LogP contribution in [0.4, 0.5) is 0 Å². The molecule has 4 nitrogen and oxygen atoms in total. The summed E-state index contributed by atoms with van der Waals surface area (Å²) in [5, 5.41) is 0. The summed E-state index contributed by atoms with van der Waals surface area (Å²) in [7, 11) is 1.36. The molecule has 0 aromatic rings. The van der Waals surface area contributed by atoms with Crippen LogP contribution in [0.2, 0.25) is 0 Å². The Balaban J connectivity index is 3.80. The predicted octanol–water partition coefficient (Wildman–Crippen LogP) is 1.98. The van der Waals surface area contributed by atoms with E-state index in [1.807, 2.05) is 0 Å². The summed E-state index contributed by atoms with van der Waals surface area (Å²) in [6.45, 7) is 4.90. The van der Waals surface area contributed by atoms with E-state index in [-0.39, 0.29) is 18.3 Å². The second kappa shape index (κ2) is 9.19. The van der Waals surface area contributed by atoms with Crippen molar-refractivity contribution < 1.29 is 14.3 Å². The van der Waals surface area contributed by atoms with Gasteiger partial charge in [0.05, 0.1) is 13.5 Å². The fourth-order valence-electron chi connectivity index (χ4n) is 1.48. The second-order valence-corrected chi connectivity index (χ2v) is 3.89.